The number of rotatable bonds is 5. The molecule has 0 aliphatic rings. The minimum atomic E-state index is -0.310. The smallest absolute Gasteiger partial charge is 0.274 e. The number of hydrogen-bond donors (Lipinski definition) is 2. The number of nitrogens with zero attached hydrogens (tertiary/aromatic N) is 2. The lowest BCUT2D eigenvalue weighted by Gasteiger charge is -2.07. The molecule has 0 aliphatic heterocycles. The van der Waals surface area contributed by atoms with Gasteiger partial charge in [0.25, 0.3) is 5.91 Å². The summed E-state index contributed by atoms with van der Waals surface area (Å²) in [6.45, 7) is 0.342. The monoisotopic (exact) mass is 294 g/mol. The molecule has 0 radical (unpaired) electrons. The maximum atomic E-state index is 11.9. The molecule has 0 aliphatic carbocycles. The first kappa shape index (κ1) is 15.2. The molecule has 1 aromatic carbocycles. The summed E-state index contributed by atoms with van der Waals surface area (Å²) in [5, 5.41) is 13.8. The maximum absolute atomic E-state index is 11.9. The zero-order chi connectivity index (χ0) is 15.8. The highest BCUT2D eigenvalue weighted by atomic mass is 16.2. The molecule has 0 atom stereocenters. The predicted molar refractivity (Wildman–Crippen MR) is 80.7 cm³/mol. The number of hydrogen-bond acceptors (Lipinski definition) is 4. The number of pyridine rings is 1. The van der Waals surface area contributed by atoms with Gasteiger partial charge in [-0.3, -0.25) is 14.6 Å². The molecule has 2 amide bonds. The molecule has 0 fully saturated rings. The third-order valence-electron chi connectivity index (χ3n) is 2.84. The quantitative estimate of drug-likeness (QED) is 0.880. The van der Waals surface area contributed by atoms with Crippen molar-refractivity contribution in [2.75, 3.05) is 5.32 Å². The summed E-state index contributed by atoms with van der Waals surface area (Å²) in [7, 11) is 0. The summed E-state index contributed by atoms with van der Waals surface area (Å²) < 4.78 is 0. The van der Waals surface area contributed by atoms with Crippen LogP contribution in [0.25, 0.3) is 0 Å². The summed E-state index contributed by atoms with van der Waals surface area (Å²) in [5.74, 6) is -0.592. The minimum Gasteiger partial charge on any atom is -0.351 e. The number of anilines is 1. The van der Waals surface area contributed by atoms with Crippen LogP contribution < -0.4 is 10.6 Å². The van der Waals surface area contributed by atoms with Crippen molar-refractivity contribution >= 4 is 17.5 Å². The van der Waals surface area contributed by atoms with E-state index in [1.807, 2.05) is 0 Å². The van der Waals surface area contributed by atoms with Crippen molar-refractivity contribution in [2.45, 2.75) is 13.0 Å². The Kier molecular flexibility index (Phi) is 5.21. The zero-order valence-electron chi connectivity index (χ0n) is 11.7. The van der Waals surface area contributed by atoms with Crippen LogP contribution >= 0.6 is 0 Å². The Morgan fingerprint density at radius 2 is 1.91 bits per heavy atom. The Hall–Kier alpha value is -3.20. The lowest BCUT2D eigenvalue weighted by atomic mass is 10.2. The van der Waals surface area contributed by atoms with Gasteiger partial charge in [-0.1, -0.05) is 18.2 Å². The van der Waals surface area contributed by atoms with Crippen LogP contribution in [0.4, 0.5) is 5.69 Å². The first-order chi connectivity index (χ1) is 10.7. The Morgan fingerprint density at radius 1 is 1.14 bits per heavy atom. The van der Waals surface area contributed by atoms with Crippen LogP contribution in [0.1, 0.15) is 22.5 Å². The van der Waals surface area contributed by atoms with Crippen LogP contribution in [0.5, 0.6) is 0 Å². The Balaban J connectivity index is 1.91. The summed E-state index contributed by atoms with van der Waals surface area (Å²) in [5.41, 5.74) is 1.86. The van der Waals surface area contributed by atoms with Crippen molar-refractivity contribution in [3.63, 3.8) is 0 Å². The van der Waals surface area contributed by atoms with Gasteiger partial charge in [0.05, 0.1) is 6.07 Å². The van der Waals surface area contributed by atoms with Crippen LogP contribution in [0.15, 0.2) is 48.7 Å². The molecule has 2 aromatic rings. The topological polar surface area (TPSA) is 94.9 Å². The number of carbonyl (C=O) groups excluding carboxylic acids is 2. The number of benzene rings is 1. The second kappa shape index (κ2) is 7.55. The third-order valence-corrected chi connectivity index (χ3v) is 2.84. The van der Waals surface area contributed by atoms with Gasteiger partial charge in [0, 0.05) is 18.4 Å². The summed E-state index contributed by atoms with van der Waals surface area (Å²) >= 11 is 0. The van der Waals surface area contributed by atoms with E-state index in [-0.39, 0.29) is 18.2 Å². The number of nitrogens with one attached hydrogen (secondary N) is 2. The first-order valence-corrected chi connectivity index (χ1v) is 6.64. The average molecular weight is 294 g/mol. The average Bonchev–Trinajstić information content (AvgIpc) is 2.55. The van der Waals surface area contributed by atoms with Gasteiger partial charge in [-0.2, -0.15) is 5.26 Å². The molecule has 0 bridgehead atoms. The van der Waals surface area contributed by atoms with Crippen LogP contribution in [-0.2, 0) is 11.3 Å². The molecule has 110 valence electrons. The van der Waals surface area contributed by atoms with Crippen molar-refractivity contribution in [3.05, 3.63) is 59.9 Å². The molecule has 1 heterocycles. The van der Waals surface area contributed by atoms with E-state index in [9.17, 15) is 9.59 Å². The minimum absolute atomic E-state index is 0.155. The van der Waals surface area contributed by atoms with E-state index in [2.05, 4.69) is 15.6 Å². The summed E-state index contributed by atoms with van der Waals surface area (Å²) in [6.07, 6.45) is 1.40. The van der Waals surface area contributed by atoms with Crippen molar-refractivity contribution in [1.29, 1.82) is 5.26 Å². The number of carbonyl (C=O) groups is 2. The fraction of sp³-hybridized carbons (Fsp3) is 0.125. The van der Waals surface area contributed by atoms with Crippen LogP contribution in [-0.4, -0.2) is 16.8 Å². The van der Waals surface area contributed by atoms with E-state index >= 15 is 0 Å². The second-order valence-corrected chi connectivity index (χ2v) is 4.48. The standard InChI is InChI=1S/C16H14N4O2/c17-9-8-15(21)19-11-12-4-6-13(7-5-12)20-16(22)14-3-1-2-10-18-14/h1-7,10H,8,11H2,(H,19,21)(H,20,22). The van der Waals surface area contributed by atoms with Gasteiger partial charge >= 0.3 is 0 Å². The SMILES string of the molecule is N#CCC(=O)NCc1ccc(NC(=O)c2ccccn2)cc1. The van der Waals surface area contributed by atoms with Gasteiger partial charge in [0.15, 0.2) is 0 Å². The third kappa shape index (κ3) is 4.42. The molecule has 0 spiro atoms. The number of aromatic nitrogens is 1. The highest BCUT2D eigenvalue weighted by Gasteiger charge is 2.06. The van der Waals surface area contributed by atoms with E-state index in [1.165, 1.54) is 0 Å². The van der Waals surface area contributed by atoms with Crippen LogP contribution in [0.3, 0.4) is 0 Å². The fourth-order valence-electron chi connectivity index (χ4n) is 1.73. The summed E-state index contributed by atoms with van der Waals surface area (Å²) in [6, 6.07) is 14.0. The highest BCUT2D eigenvalue weighted by molar-refractivity contribution is 6.02. The highest BCUT2D eigenvalue weighted by Crippen LogP contribution is 2.10. The molecule has 2 rings (SSSR count). The Labute approximate surface area is 127 Å². The van der Waals surface area contributed by atoms with Crippen molar-refractivity contribution in [2.24, 2.45) is 0 Å². The van der Waals surface area contributed by atoms with E-state index < -0.39 is 0 Å². The molecule has 0 saturated heterocycles. The van der Waals surface area contributed by atoms with Crippen molar-refractivity contribution < 1.29 is 9.59 Å². The van der Waals surface area contributed by atoms with Gasteiger partial charge < -0.3 is 10.6 Å². The van der Waals surface area contributed by atoms with Gasteiger partial charge in [0.1, 0.15) is 12.1 Å². The second-order valence-electron chi connectivity index (χ2n) is 4.48. The van der Waals surface area contributed by atoms with Crippen molar-refractivity contribution in [3.8, 4) is 6.07 Å². The molecular formula is C16H14N4O2. The van der Waals surface area contributed by atoms with Gasteiger partial charge in [-0.25, -0.2) is 0 Å². The fourth-order valence-corrected chi connectivity index (χ4v) is 1.73. The largest absolute Gasteiger partial charge is 0.351 e. The van der Waals surface area contributed by atoms with Gasteiger partial charge in [0.2, 0.25) is 5.91 Å². The maximum Gasteiger partial charge on any atom is 0.274 e. The first-order valence-electron chi connectivity index (χ1n) is 6.64. The number of nitriles is 1. The lowest BCUT2D eigenvalue weighted by Crippen LogP contribution is -2.21. The lowest BCUT2D eigenvalue weighted by molar-refractivity contribution is -0.120. The van der Waals surface area contributed by atoms with Crippen LogP contribution in [0.2, 0.25) is 0 Å². The molecule has 22 heavy (non-hydrogen) atoms. The van der Waals surface area contributed by atoms with Crippen molar-refractivity contribution in [1.82, 2.24) is 10.3 Å². The van der Waals surface area contributed by atoms with Crippen LogP contribution in [0, 0.1) is 11.3 Å². The Morgan fingerprint density at radius 3 is 2.55 bits per heavy atom. The normalized spacial score (nSPS) is 9.59. The molecule has 6 nitrogen and oxygen atoms in total. The van der Waals surface area contributed by atoms with E-state index in [1.54, 1.807) is 54.7 Å². The molecule has 2 N–H and O–H groups in total. The number of amides is 2. The zero-order valence-corrected chi connectivity index (χ0v) is 11.7. The molecule has 1 aromatic heterocycles. The molecule has 6 heteroatoms. The van der Waals surface area contributed by atoms with Gasteiger partial charge in [-0.05, 0) is 29.8 Å². The predicted octanol–water partition coefficient (Wildman–Crippen LogP) is 1.86. The van der Waals surface area contributed by atoms with E-state index in [4.69, 9.17) is 5.26 Å². The Bertz CT molecular complexity index is 690. The van der Waals surface area contributed by atoms with E-state index in [0.717, 1.165) is 5.56 Å². The molecule has 0 unspecified atom stereocenters. The summed E-state index contributed by atoms with van der Waals surface area (Å²) in [4.78, 5) is 27.1. The van der Waals surface area contributed by atoms with Gasteiger partial charge in [-0.15, -0.1) is 0 Å². The molecule has 0 saturated carbocycles. The molecular weight excluding hydrogens is 280 g/mol. The van der Waals surface area contributed by atoms with E-state index in [0.29, 0.717) is 17.9 Å².